The maximum Gasteiger partial charge on any atom is 0.160 e. The van der Waals surface area contributed by atoms with Gasteiger partial charge in [-0.2, -0.15) is 0 Å². The molecule has 0 atom stereocenters. The first-order valence-corrected chi connectivity index (χ1v) is 6.10. The molecule has 1 aromatic rings. The fraction of sp³-hybridized carbons (Fsp3) is 0.571. The zero-order chi connectivity index (χ0) is 13.6. The predicted octanol–water partition coefficient (Wildman–Crippen LogP) is 1.61. The summed E-state index contributed by atoms with van der Waals surface area (Å²) in [5, 5.41) is 12.8. The maximum absolute atomic E-state index is 9.57. The molecule has 0 saturated carbocycles. The third kappa shape index (κ3) is 4.94. The van der Waals surface area contributed by atoms with E-state index >= 15 is 0 Å². The van der Waals surface area contributed by atoms with Crippen LogP contribution in [0.2, 0.25) is 0 Å². The van der Waals surface area contributed by atoms with Crippen LogP contribution < -0.4 is 14.8 Å². The average molecular weight is 253 g/mol. The van der Waals surface area contributed by atoms with Gasteiger partial charge in [0.25, 0.3) is 0 Å². The van der Waals surface area contributed by atoms with E-state index in [9.17, 15) is 5.11 Å². The van der Waals surface area contributed by atoms with Gasteiger partial charge in [-0.05, 0) is 44.5 Å². The molecule has 0 aliphatic heterocycles. The number of aliphatic hydroxyl groups is 1. The van der Waals surface area contributed by atoms with E-state index in [-0.39, 0.29) is 0 Å². The minimum absolute atomic E-state index is 0.584. The summed E-state index contributed by atoms with van der Waals surface area (Å²) >= 11 is 0. The summed E-state index contributed by atoms with van der Waals surface area (Å²) in [7, 11) is 3.26. The Hall–Kier alpha value is -1.26. The van der Waals surface area contributed by atoms with Gasteiger partial charge in [-0.1, -0.05) is 6.07 Å². The average Bonchev–Trinajstić information content (AvgIpc) is 2.33. The molecule has 0 heterocycles. The molecule has 4 nitrogen and oxygen atoms in total. The van der Waals surface area contributed by atoms with E-state index in [1.165, 1.54) is 5.56 Å². The van der Waals surface area contributed by atoms with Crippen LogP contribution >= 0.6 is 0 Å². The lowest BCUT2D eigenvalue weighted by molar-refractivity contribution is 0.0801. The van der Waals surface area contributed by atoms with Gasteiger partial charge in [0.2, 0.25) is 0 Å². The third-order valence-electron chi connectivity index (χ3n) is 2.60. The Balaban J connectivity index is 2.48. The first-order valence-electron chi connectivity index (χ1n) is 6.10. The van der Waals surface area contributed by atoms with Crippen LogP contribution in [-0.2, 0) is 6.42 Å². The van der Waals surface area contributed by atoms with Gasteiger partial charge in [-0.15, -0.1) is 0 Å². The summed E-state index contributed by atoms with van der Waals surface area (Å²) in [6.45, 7) is 4.98. The fourth-order valence-electron chi connectivity index (χ4n) is 1.66. The fourth-order valence-corrected chi connectivity index (χ4v) is 1.66. The summed E-state index contributed by atoms with van der Waals surface area (Å²) in [6, 6.07) is 5.90. The SMILES string of the molecule is COc1ccc(CCNCC(C)(C)O)cc1OC. The molecule has 0 aromatic heterocycles. The van der Waals surface area contributed by atoms with Crippen LogP contribution in [0, 0.1) is 0 Å². The summed E-state index contributed by atoms with van der Waals surface area (Å²) in [5.41, 5.74) is 0.508. The zero-order valence-electron chi connectivity index (χ0n) is 11.6. The van der Waals surface area contributed by atoms with E-state index in [0.29, 0.717) is 6.54 Å². The molecule has 0 saturated heterocycles. The molecule has 0 aliphatic carbocycles. The highest BCUT2D eigenvalue weighted by Gasteiger charge is 2.11. The third-order valence-corrected chi connectivity index (χ3v) is 2.60. The normalized spacial score (nSPS) is 11.4. The molecule has 2 N–H and O–H groups in total. The van der Waals surface area contributed by atoms with E-state index in [0.717, 1.165) is 24.5 Å². The van der Waals surface area contributed by atoms with Crippen molar-refractivity contribution in [1.29, 1.82) is 0 Å². The van der Waals surface area contributed by atoms with Gasteiger partial charge < -0.3 is 19.9 Å². The highest BCUT2D eigenvalue weighted by molar-refractivity contribution is 5.42. The van der Waals surface area contributed by atoms with Crippen molar-refractivity contribution in [2.75, 3.05) is 27.3 Å². The van der Waals surface area contributed by atoms with Crippen molar-refractivity contribution in [2.45, 2.75) is 25.9 Å². The number of benzene rings is 1. The van der Waals surface area contributed by atoms with Crippen LogP contribution in [0.5, 0.6) is 11.5 Å². The molecular weight excluding hydrogens is 230 g/mol. The Morgan fingerprint density at radius 2 is 1.83 bits per heavy atom. The van der Waals surface area contributed by atoms with E-state index in [1.807, 2.05) is 18.2 Å². The Morgan fingerprint density at radius 3 is 2.39 bits per heavy atom. The molecule has 102 valence electrons. The summed E-state index contributed by atoms with van der Waals surface area (Å²) < 4.78 is 10.4. The highest BCUT2D eigenvalue weighted by Crippen LogP contribution is 2.27. The summed E-state index contributed by atoms with van der Waals surface area (Å²) in [4.78, 5) is 0. The topological polar surface area (TPSA) is 50.7 Å². The second-order valence-corrected chi connectivity index (χ2v) is 4.93. The molecular formula is C14H23NO3. The standard InChI is InChI=1S/C14H23NO3/c1-14(2,16)10-15-8-7-11-5-6-12(17-3)13(9-11)18-4/h5-6,9,15-16H,7-8,10H2,1-4H3. The Morgan fingerprint density at radius 1 is 1.17 bits per heavy atom. The smallest absolute Gasteiger partial charge is 0.160 e. The maximum atomic E-state index is 9.57. The van der Waals surface area contributed by atoms with E-state index in [4.69, 9.17) is 9.47 Å². The van der Waals surface area contributed by atoms with Crippen LogP contribution in [-0.4, -0.2) is 38.0 Å². The van der Waals surface area contributed by atoms with Crippen molar-refractivity contribution < 1.29 is 14.6 Å². The first kappa shape index (κ1) is 14.8. The molecule has 0 spiro atoms. The number of nitrogens with one attached hydrogen (secondary N) is 1. The van der Waals surface area contributed by atoms with Gasteiger partial charge >= 0.3 is 0 Å². The van der Waals surface area contributed by atoms with Crippen molar-refractivity contribution in [3.8, 4) is 11.5 Å². The molecule has 0 aliphatic rings. The first-order chi connectivity index (χ1) is 8.46. The number of methoxy groups -OCH3 is 2. The van der Waals surface area contributed by atoms with Gasteiger partial charge in [0.1, 0.15) is 0 Å². The molecule has 0 amide bonds. The van der Waals surface area contributed by atoms with Gasteiger partial charge in [0.05, 0.1) is 19.8 Å². The lowest BCUT2D eigenvalue weighted by Gasteiger charge is -2.17. The second-order valence-electron chi connectivity index (χ2n) is 4.93. The largest absolute Gasteiger partial charge is 0.493 e. The molecule has 4 heteroatoms. The van der Waals surface area contributed by atoms with Crippen molar-refractivity contribution in [3.63, 3.8) is 0 Å². The lowest BCUT2D eigenvalue weighted by Crippen LogP contribution is -2.35. The molecule has 0 radical (unpaired) electrons. The van der Waals surface area contributed by atoms with Crippen molar-refractivity contribution >= 4 is 0 Å². The van der Waals surface area contributed by atoms with Crippen molar-refractivity contribution in [1.82, 2.24) is 5.32 Å². The Bertz CT molecular complexity index is 372. The number of rotatable bonds is 7. The second kappa shape index (κ2) is 6.61. The minimum Gasteiger partial charge on any atom is -0.493 e. The van der Waals surface area contributed by atoms with E-state index in [1.54, 1.807) is 28.1 Å². The van der Waals surface area contributed by atoms with Crippen LogP contribution in [0.1, 0.15) is 19.4 Å². The van der Waals surface area contributed by atoms with Gasteiger partial charge in [0.15, 0.2) is 11.5 Å². The Kier molecular flexibility index (Phi) is 5.44. The van der Waals surface area contributed by atoms with Gasteiger partial charge in [-0.25, -0.2) is 0 Å². The van der Waals surface area contributed by atoms with Crippen molar-refractivity contribution in [2.24, 2.45) is 0 Å². The summed E-state index contributed by atoms with van der Waals surface area (Å²) in [6.07, 6.45) is 0.885. The molecule has 0 unspecified atom stereocenters. The van der Waals surface area contributed by atoms with E-state index in [2.05, 4.69) is 5.32 Å². The monoisotopic (exact) mass is 253 g/mol. The quantitative estimate of drug-likeness (QED) is 0.725. The lowest BCUT2D eigenvalue weighted by atomic mass is 10.1. The molecule has 0 fully saturated rings. The van der Waals surface area contributed by atoms with Crippen LogP contribution in [0.4, 0.5) is 0 Å². The molecule has 0 bridgehead atoms. The van der Waals surface area contributed by atoms with Crippen LogP contribution in [0.15, 0.2) is 18.2 Å². The Labute approximate surface area is 109 Å². The number of hydrogen-bond acceptors (Lipinski definition) is 4. The molecule has 18 heavy (non-hydrogen) atoms. The minimum atomic E-state index is -0.669. The van der Waals surface area contributed by atoms with Crippen LogP contribution in [0.25, 0.3) is 0 Å². The number of hydrogen-bond donors (Lipinski definition) is 2. The van der Waals surface area contributed by atoms with Crippen LogP contribution in [0.3, 0.4) is 0 Å². The van der Waals surface area contributed by atoms with Gasteiger partial charge in [-0.3, -0.25) is 0 Å². The molecule has 1 rings (SSSR count). The van der Waals surface area contributed by atoms with Crippen molar-refractivity contribution in [3.05, 3.63) is 23.8 Å². The highest BCUT2D eigenvalue weighted by atomic mass is 16.5. The predicted molar refractivity (Wildman–Crippen MR) is 72.4 cm³/mol. The van der Waals surface area contributed by atoms with Gasteiger partial charge in [0, 0.05) is 6.54 Å². The molecule has 1 aromatic carbocycles. The summed E-state index contributed by atoms with van der Waals surface area (Å²) in [5.74, 6) is 1.49. The van der Waals surface area contributed by atoms with E-state index < -0.39 is 5.60 Å². The zero-order valence-corrected chi connectivity index (χ0v) is 11.6. The number of ether oxygens (including phenoxy) is 2.